The van der Waals surface area contributed by atoms with Crippen molar-refractivity contribution in [3.05, 3.63) is 107 Å². The highest BCUT2D eigenvalue weighted by atomic mass is 15.3. The fraction of sp³-hybridized carbons (Fsp3) is 0.362. The molecule has 250 valence electrons. The highest BCUT2D eigenvalue weighted by Crippen LogP contribution is 2.62. The molecular weight excluding hydrogens is 603 g/mol. The van der Waals surface area contributed by atoms with E-state index in [4.69, 9.17) is 0 Å². The van der Waals surface area contributed by atoms with Gasteiger partial charge in [0.2, 0.25) is 0 Å². The lowest BCUT2D eigenvalue weighted by Crippen LogP contribution is -2.64. The highest BCUT2D eigenvalue weighted by Gasteiger charge is 2.61. The van der Waals surface area contributed by atoms with Crippen LogP contribution in [0.15, 0.2) is 84.9 Å². The number of rotatable bonds is 1. The van der Waals surface area contributed by atoms with E-state index in [9.17, 15) is 0 Å². The van der Waals surface area contributed by atoms with Crippen LogP contribution in [-0.2, 0) is 16.2 Å². The molecule has 1 saturated carbocycles. The smallest absolute Gasteiger partial charge is 0.252 e. The number of aryl methyl sites for hydroxylation is 1. The van der Waals surface area contributed by atoms with Crippen LogP contribution in [0.3, 0.4) is 0 Å². The lowest BCUT2D eigenvalue weighted by atomic mass is 9.33. The van der Waals surface area contributed by atoms with Gasteiger partial charge < -0.3 is 9.47 Å². The third-order valence-corrected chi connectivity index (χ3v) is 13.6. The molecule has 0 bridgehead atoms. The first-order chi connectivity index (χ1) is 23.7. The standard InChI is InChI=1S/C47H49BN2/c1-28-21-39-41-40(22-28)50-43-35(46(8)19-13-14-20-47(46,50)9)23-30(29-15-11-10-12-16-29)24-36(43)48(41)37-27-32(45(5,6)7)26-34-33-25-31(44(2,3)4)17-18-38(33)49(39)42(34)37/h10-12,15-18,21-27H,13-14,19-20H2,1-9H3. The topological polar surface area (TPSA) is 8.17 Å². The fourth-order valence-electron chi connectivity index (χ4n) is 10.7. The number of anilines is 2. The van der Waals surface area contributed by atoms with Gasteiger partial charge in [0.1, 0.15) is 0 Å². The zero-order valence-corrected chi connectivity index (χ0v) is 31.4. The van der Waals surface area contributed by atoms with E-state index in [1.807, 2.05) is 0 Å². The quantitative estimate of drug-likeness (QED) is 0.160. The lowest BCUT2D eigenvalue weighted by Gasteiger charge is -2.52. The van der Waals surface area contributed by atoms with Crippen LogP contribution in [0.1, 0.15) is 103 Å². The summed E-state index contributed by atoms with van der Waals surface area (Å²) in [5, 5.41) is 2.77. The van der Waals surface area contributed by atoms with Crippen molar-refractivity contribution in [2.24, 2.45) is 0 Å². The molecule has 0 N–H and O–H groups in total. The van der Waals surface area contributed by atoms with Crippen molar-refractivity contribution in [1.82, 2.24) is 4.57 Å². The first-order valence-electron chi connectivity index (χ1n) is 19.0. The molecule has 2 unspecified atom stereocenters. The number of benzene rings is 5. The second-order valence-corrected chi connectivity index (χ2v) is 18.7. The molecule has 0 saturated heterocycles. The van der Waals surface area contributed by atoms with Gasteiger partial charge in [-0.25, -0.2) is 0 Å². The molecule has 2 nitrogen and oxygen atoms in total. The van der Waals surface area contributed by atoms with E-state index in [2.05, 4.69) is 157 Å². The summed E-state index contributed by atoms with van der Waals surface area (Å²) in [7, 11) is 0. The van der Waals surface area contributed by atoms with Gasteiger partial charge in [-0.15, -0.1) is 0 Å². The Morgan fingerprint density at radius 1 is 0.660 bits per heavy atom. The Morgan fingerprint density at radius 3 is 2.10 bits per heavy atom. The second kappa shape index (κ2) is 9.55. The Kier molecular flexibility index (Phi) is 5.84. The summed E-state index contributed by atoms with van der Waals surface area (Å²) < 4.78 is 2.66. The third-order valence-electron chi connectivity index (χ3n) is 13.6. The van der Waals surface area contributed by atoms with E-state index in [1.165, 1.54) is 109 Å². The molecule has 4 heterocycles. The number of fused-ring (bicyclic) bond motifs is 10. The van der Waals surface area contributed by atoms with Crippen LogP contribution in [0.5, 0.6) is 0 Å². The molecule has 10 rings (SSSR count). The molecule has 1 fully saturated rings. The molecule has 2 atom stereocenters. The van der Waals surface area contributed by atoms with E-state index in [1.54, 1.807) is 5.56 Å². The van der Waals surface area contributed by atoms with Crippen molar-refractivity contribution in [2.75, 3.05) is 4.90 Å². The van der Waals surface area contributed by atoms with Crippen molar-refractivity contribution in [3.63, 3.8) is 0 Å². The first kappa shape index (κ1) is 30.6. The van der Waals surface area contributed by atoms with Gasteiger partial charge in [0.05, 0.1) is 11.1 Å². The summed E-state index contributed by atoms with van der Waals surface area (Å²) in [6.07, 6.45) is 5.02. The summed E-state index contributed by atoms with van der Waals surface area (Å²) in [4.78, 5) is 2.87. The molecule has 0 radical (unpaired) electrons. The number of nitrogens with zero attached hydrogens (tertiary/aromatic N) is 2. The summed E-state index contributed by atoms with van der Waals surface area (Å²) in [5.41, 5.74) is 20.0. The van der Waals surface area contributed by atoms with Crippen LogP contribution in [0, 0.1) is 6.92 Å². The minimum absolute atomic E-state index is 0.00734. The minimum atomic E-state index is 0.00734. The zero-order chi connectivity index (χ0) is 34.7. The molecular formula is C47H49BN2. The molecule has 3 aliphatic heterocycles. The number of aromatic nitrogens is 1. The molecule has 1 aliphatic carbocycles. The predicted molar refractivity (Wildman–Crippen MR) is 216 cm³/mol. The van der Waals surface area contributed by atoms with Gasteiger partial charge in [0, 0.05) is 38.8 Å². The molecule has 0 spiro atoms. The molecule has 1 aromatic heterocycles. The average Bonchev–Trinajstić information content (AvgIpc) is 3.51. The summed E-state index contributed by atoms with van der Waals surface area (Å²) in [5.74, 6) is 0. The molecule has 4 aliphatic rings. The van der Waals surface area contributed by atoms with Gasteiger partial charge >= 0.3 is 0 Å². The molecule has 5 aromatic carbocycles. The maximum Gasteiger partial charge on any atom is 0.252 e. The van der Waals surface area contributed by atoms with Crippen molar-refractivity contribution >= 4 is 56.3 Å². The summed E-state index contributed by atoms with van der Waals surface area (Å²) >= 11 is 0. The summed E-state index contributed by atoms with van der Waals surface area (Å²) in [6.45, 7) is 21.8. The van der Waals surface area contributed by atoms with E-state index in [0.717, 1.165) is 0 Å². The Balaban J connectivity index is 1.40. The maximum atomic E-state index is 2.87. The minimum Gasteiger partial charge on any atom is -0.335 e. The van der Waals surface area contributed by atoms with Gasteiger partial charge in [-0.3, -0.25) is 0 Å². The first-order valence-corrected chi connectivity index (χ1v) is 19.0. The van der Waals surface area contributed by atoms with Crippen LogP contribution < -0.4 is 21.3 Å². The van der Waals surface area contributed by atoms with Crippen molar-refractivity contribution < 1.29 is 0 Å². The van der Waals surface area contributed by atoms with Crippen molar-refractivity contribution in [2.45, 2.75) is 110 Å². The maximum absolute atomic E-state index is 2.87. The molecule has 0 amide bonds. The molecule has 50 heavy (non-hydrogen) atoms. The van der Waals surface area contributed by atoms with Crippen LogP contribution in [0.25, 0.3) is 38.6 Å². The highest BCUT2D eigenvalue weighted by molar-refractivity contribution is 7.00. The Bertz CT molecular complexity index is 2450. The van der Waals surface area contributed by atoms with Gasteiger partial charge in [-0.05, 0) is 124 Å². The third kappa shape index (κ3) is 3.72. The zero-order valence-electron chi connectivity index (χ0n) is 31.4. The van der Waals surface area contributed by atoms with Gasteiger partial charge in [0.15, 0.2) is 0 Å². The molecule has 6 aromatic rings. The normalized spacial score (nSPS) is 21.9. The second-order valence-electron chi connectivity index (χ2n) is 18.7. The van der Waals surface area contributed by atoms with Crippen LogP contribution in [0.4, 0.5) is 11.4 Å². The van der Waals surface area contributed by atoms with Gasteiger partial charge in [-0.2, -0.15) is 0 Å². The van der Waals surface area contributed by atoms with Crippen molar-refractivity contribution in [3.8, 4) is 16.8 Å². The van der Waals surface area contributed by atoms with E-state index in [0.29, 0.717) is 0 Å². The lowest BCUT2D eigenvalue weighted by molar-refractivity contribution is 0.195. The van der Waals surface area contributed by atoms with Crippen LogP contribution in [-0.4, -0.2) is 16.8 Å². The van der Waals surface area contributed by atoms with E-state index < -0.39 is 0 Å². The van der Waals surface area contributed by atoms with Crippen LogP contribution >= 0.6 is 0 Å². The predicted octanol–water partition coefficient (Wildman–Crippen LogP) is 10.2. The Hall–Kier alpha value is -4.24. The molecule has 3 heteroatoms. The SMILES string of the molecule is Cc1cc2c3c(c1)-n1c4ccc(C(C)(C)C)cc4c4cc(C(C)(C)C)cc(c41)B3c1cc(-c3ccccc3)cc3c1N2C1(C)CCCCC31C. The largest absolute Gasteiger partial charge is 0.335 e. The van der Waals surface area contributed by atoms with Gasteiger partial charge in [-0.1, -0.05) is 110 Å². The Labute approximate surface area is 298 Å². The van der Waals surface area contributed by atoms with Gasteiger partial charge in [0.25, 0.3) is 6.71 Å². The average molecular weight is 653 g/mol. The number of hydrogen-bond donors (Lipinski definition) is 0. The summed E-state index contributed by atoms with van der Waals surface area (Å²) in [6, 6.07) is 33.8. The fourth-order valence-corrected chi connectivity index (χ4v) is 10.7. The van der Waals surface area contributed by atoms with Crippen molar-refractivity contribution in [1.29, 1.82) is 0 Å². The Morgan fingerprint density at radius 2 is 1.36 bits per heavy atom. The monoisotopic (exact) mass is 652 g/mol. The van der Waals surface area contributed by atoms with E-state index in [-0.39, 0.29) is 28.5 Å². The van der Waals surface area contributed by atoms with Crippen LogP contribution in [0.2, 0.25) is 0 Å². The van der Waals surface area contributed by atoms with E-state index >= 15 is 0 Å². The number of hydrogen-bond acceptors (Lipinski definition) is 1.